The molecule has 2 heterocycles. The first-order chi connectivity index (χ1) is 16.6. The van der Waals surface area contributed by atoms with E-state index in [1.54, 1.807) is 25.7 Å². The Morgan fingerprint density at radius 1 is 0.824 bits per heavy atom. The van der Waals surface area contributed by atoms with Crippen molar-refractivity contribution in [3.8, 4) is 39.8 Å². The average molecular weight is 471 g/mol. The minimum atomic E-state index is -0.123. The second-order valence-corrected chi connectivity index (χ2v) is 8.54. The minimum Gasteiger partial charge on any atom is -0.493 e. The normalized spacial score (nSPS) is 11.7. The summed E-state index contributed by atoms with van der Waals surface area (Å²) < 4.78 is 18.6. The number of methoxy groups -OCH3 is 3. The van der Waals surface area contributed by atoms with Crippen molar-refractivity contribution in [2.45, 2.75) is 0 Å². The molecule has 34 heavy (non-hydrogen) atoms. The van der Waals surface area contributed by atoms with Crippen molar-refractivity contribution in [2.75, 3.05) is 21.3 Å². The number of nitrogens with zero attached hydrogens (tertiary/aromatic N) is 2. The number of hydrogen-bond donors (Lipinski definition) is 0. The molecule has 0 saturated heterocycles. The van der Waals surface area contributed by atoms with Crippen LogP contribution in [0.2, 0.25) is 0 Å². The van der Waals surface area contributed by atoms with Crippen LogP contribution in [0, 0.1) is 0 Å². The van der Waals surface area contributed by atoms with Crippen LogP contribution in [-0.4, -0.2) is 30.7 Å². The summed E-state index contributed by atoms with van der Waals surface area (Å²) in [5, 5.41) is 0. The van der Waals surface area contributed by atoms with Crippen LogP contribution in [0.5, 0.6) is 17.2 Å². The van der Waals surface area contributed by atoms with Gasteiger partial charge in [0, 0.05) is 11.1 Å². The van der Waals surface area contributed by atoms with E-state index in [4.69, 9.17) is 19.2 Å². The fourth-order valence-corrected chi connectivity index (χ4v) is 4.97. The van der Waals surface area contributed by atoms with E-state index >= 15 is 0 Å². The number of ether oxygens (including phenoxy) is 3. The summed E-state index contributed by atoms with van der Waals surface area (Å²) in [7, 11) is 4.69. The van der Waals surface area contributed by atoms with Crippen LogP contribution in [0.25, 0.3) is 33.6 Å². The number of rotatable bonds is 6. The molecule has 0 aliphatic rings. The molecule has 0 amide bonds. The molecule has 5 rings (SSSR count). The van der Waals surface area contributed by atoms with Crippen molar-refractivity contribution in [3.05, 3.63) is 93.2 Å². The highest BCUT2D eigenvalue weighted by Gasteiger charge is 2.20. The number of benzene rings is 3. The molecule has 7 heteroatoms. The van der Waals surface area contributed by atoms with Crippen LogP contribution in [0.4, 0.5) is 0 Å². The maximum atomic E-state index is 13.6. The third-order valence-corrected chi connectivity index (χ3v) is 6.51. The summed E-state index contributed by atoms with van der Waals surface area (Å²) in [4.78, 5) is 19.1. The van der Waals surface area contributed by atoms with Gasteiger partial charge in [-0.05, 0) is 23.8 Å². The summed E-state index contributed by atoms with van der Waals surface area (Å²) in [5.74, 6) is 1.56. The zero-order valence-electron chi connectivity index (χ0n) is 18.9. The lowest BCUT2D eigenvalue weighted by Crippen LogP contribution is -2.23. The van der Waals surface area contributed by atoms with E-state index in [-0.39, 0.29) is 5.56 Å². The molecular weight excluding hydrogens is 448 g/mol. The molecule has 0 aliphatic carbocycles. The molecule has 0 fully saturated rings. The van der Waals surface area contributed by atoms with Crippen LogP contribution in [0.1, 0.15) is 5.56 Å². The van der Waals surface area contributed by atoms with Crippen LogP contribution < -0.4 is 24.3 Å². The molecule has 0 spiro atoms. The van der Waals surface area contributed by atoms with Gasteiger partial charge in [-0.1, -0.05) is 72.0 Å². The Labute approximate surface area is 200 Å². The van der Waals surface area contributed by atoms with Crippen molar-refractivity contribution in [1.82, 2.24) is 9.38 Å². The van der Waals surface area contributed by atoms with Gasteiger partial charge < -0.3 is 14.2 Å². The first-order valence-corrected chi connectivity index (χ1v) is 11.4. The Balaban J connectivity index is 1.75. The molecule has 2 aromatic heterocycles. The third kappa shape index (κ3) is 3.70. The highest BCUT2D eigenvalue weighted by atomic mass is 32.1. The molecular formula is C27H22N2O4S. The minimum absolute atomic E-state index is 0.123. The summed E-state index contributed by atoms with van der Waals surface area (Å²) >= 11 is 1.35. The molecule has 0 atom stereocenters. The van der Waals surface area contributed by atoms with E-state index < -0.39 is 0 Å². The van der Waals surface area contributed by atoms with Crippen molar-refractivity contribution in [3.63, 3.8) is 0 Å². The van der Waals surface area contributed by atoms with E-state index in [9.17, 15) is 4.79 Å². The van der Waals surface area contributed by atoms with Gasteiger partial charge in [-0.15, -0.1) is 0 Å². The van der Waals surface area contributed by atoms with Crippen LogP contribution >= 0.6 is 11.3 Å². The lowest BCUT2D eigenvalue weighted by molar-refractivity contribution is 0.324. The molecule has 0 aliphatic heterocycles. The quantitative estimate of drug-likeness (QED) is 0.361. The summed E-state index contributed by atoms with van der Waals surface area (Å²) in [6.07, 6.45) is 1.82. The predicted octanol–water partition coefficient (Wildman–Crippen LogP) is 4.66. The highest BCUT2D eigenvalue weighted by molar-refractivity contribution is 7.15. The Morgan fingerprint density at radius 2 is 1.41 bits per heavy atom. The van der Waals surface area contributed by atoms with Crippen molar-refractivity contribution in [1.29, 1.82) is 0 Å². The maximum absolute atomic E-state index is 13.6. The summed E-state index contributed by atoms with van der Waals surface area (Å²) in [6, 6.07) is 23.4. The van der Waals surface area contributed by atoms with Crippen LogP contribution in [0.3, 0.4) is 0 Å². The van der Waals surface area contributed by atoms with Gasteiger partial charge in [-0.25, -0.2) is 9.38 Å². The Kier molecular flexibility index (Phi) is 5.77. The van der Waals surface area contributed by atoms with Gasteiger partial charge in [-0.3, -0.25) is 4.79 Å². The molecule has 5 aromatic rings. The number of imidazole rings is 1. The van der Waals surface area contributed by atoms with Gasteiger partial charge in [0.25, 0.3) is 5.56 Å². The van der Waals surface area contributed by atoms with Gasteiger partial charge in [0.1, 0.15) is 0 Å². The van der Waals surface area contributed by atoms with E-state index in [1.165, 1.54) is 11.3 Å². The zero-order chi connectivity index (χ0) is 23.7. The Morgan fingerprint density at radius 3 is 1.97 bits per heavy atom. The van der Waals surface area contributed by atoms with Gasteiger partial charge in [0.05, 0.1) is 37.2 Å². The predicted molar refractivity (Wildman–Crippen MR) is 135 cm³/mol. The van der Waals surface area contributed by atoms with Crippen LogP contribution in [0.15, 0.2) is 77.6 Å². The van der Waals surface area contributed by atoms with E-state index in [0.717, 1.165) is 28.1 Å². The largest absolute Gasteiger partial charge is 0.493 e. The molecule has 0 saturated carbocycles. The van der Waals surface area contributed by atoms with Crippen molar-refractivity contribution >= 4 is 22.4 Å². The van der Waals surface area contributed by atoms with Gasteiger partial charge in [0.2, 0.25) is 5.75 Å². The number of thiazole rings is 1. The summed E-state index contributed by atoms with van der Waals surface area (Å²) in [6.45, 7) is 0. The molecule has 0 unspecified atom stereocenters. The molecule has 0 bridgehead atoms. The molecule has 6 nitrogen and oxygen atoms in total. The topological polar surface area (TPSA) is 62.1 Å². The lowest BCUT2D eigenvalue weighted by Gasteiger charge is -2.12. The number of fused-ring (bicyclic) bond motifs is 1. The average Bonchev–Trinajstić information content (AvgIpc) is 3.40. The molecule has 0 N–H and O–H groups in total. The molecule has 170 valence electrons. The number of aromatic nitrogens is 2. The monoisotopic (exact) mass is 470 g/mol. The molecule has 3 aromatic carbocycles. The highest BCUT2D eigenvalue weighted by Crippen LogP contribution is 2.38. The van der Waals surface area contributed by atoms with Gasteiger partial charge in [0.15, 0.2) is 16.5 Å². The first-order valence-electron chi connectivity index (χ1n) is 10.6. The van der Waals surface area contributed by atoms with Gasteiger partial charge >= 0.3 is 0 Å². The second kappa shape index (κ2) is 9.03. The SMILES string of the molecule is COc1cc(C=c2sc3nc(-c4ccccc4)c(-c4ccccc4)n3c2=O)cc(OC)c1OC. The Bertz CT molecular complexity index is 1550. The molecule has 0 radical (unpaired) electrons. The fourth-order valence-electron chi connectivity index (χ4n) is 4.00. The van der Waals surface area contributed by atoms with Gasteiger partial charge in [-0.2, -0.15) is 0 Å². The standard InChI is InChI=1S/C27H22N2O4S/c1-31-20-14-17(15-21(32-2)25(20)33-3)16-22-26(30)29-24(19-12-8-5-9-13-19)23(28-27(29)34-22)18-10-6-4-7-11-18/h4-16H,1-3H3. The Hall–Kier alpha value is -4.10. The fraction of sp³-hybridized carbons (Fsp3) is 0.111. The lowest BCUT2D eigenvalue weighted by atomic mass is 10.1. The third-order valence-electron chi connectivity index (χ3n) is 5.54. The van der Waals surface area contributed by atoms with E-state index in [2.05, 4.69) is 0 Å². The van der Waals surface area contributed by atoms with Crippen molar-refractivity contribution in [2.24, 2.45) is 0 Å². The maximum Gasteiger partial charge on any atom is 0.274 e. The summed E-state index contributed by atoms with van der Waals surface area (Å²) in [5.41, 5.74) is 4.11. The first kappa shape index (κ1) is 21.7. The number of hydrogen-bond acceptors (Lipinski definition) is 6. The van der Waals surface area contributed by atoms with Crippen molar-refractivity contribution < 1.29 is 14.2 Å². The second-order valence-electron chi connectivity index (χ2n) is 7.53. The van der Waals surface area contributed by atoms with Crippen LogP contribution in [-0.2, 0) is 0 Å². The smallest absolute Gasteiger partial charge is 0.274 e. The zero-order valence-corrected chi connectivity index (χ0v) is 19.8. The van der Waals surface area contributed by atoms with E-state index in [0.29, 0.717) is 26.7 Å². The van der Waals surface area contributed by atoms with E-state index in [1.807, 2.05) is 78.9 Å².